The molecule has 0 saturated carbocycles. The lowest BCUT2D eigenvalue weighted by Crippen LogP contribution is -2.16. The molecular formula is C67H60N2. The van der Waals surface area contributed by atoms with Crippen LogP contribution in [-0.4, -0.2) is 4.57 Å². The first-order chi connectivity index (χ1) is 33.4. The Hall–Kier alpha value is -7.68. The normalized spacial score (nSPS) is 12.7. The molecule has 2 heteroatoms. The van der Waals surface area contributed by atoms with Crippen molar-refractivity contribution >= 4 is 76.3 Å². The van der Waals surface area contributed by atoms with Gasteiger partial charge in [-0.05, 0) is 155 Å². The highest BCUT2D eigenvalue weighted by Crippen LogP contribution is 2.42. The van der Waals surface area contributed by atoms with E-state index in [-0.39, 0.29) is 10.8 Å². The maximum absolute atomic E-state index is 2.50. The largest absolute Gasteiger partial charge is 0.311 e. The monoisotopic (exact) mass is 892 g/mol. The third kappa shape index (κ3) is 8.19. The molecule has 0 spiro atoms. The predicted octanol–water partition coefficient (Wildman–Crippen LogP) is 18.9. The van der Waals surface area contributed by atoms with Gasteiger partial charge in [-0.1, -0.05) is 200 Å². The second kappa shape index (κ2) is 17.4. The van der Waals surface area contributed by atoms with Crippen molar-refractivity contribution in [2.24, 2.45) is 0 Å². The first-order valence-electron chi connectivity index (χ1n) is 24.7. The Morgan fingerprint density at radius 3 is 1.68 bits per heavy atom. The van der Waals surface area contributed by atoms with Crippen LogP contribution < -0.4 is 4.90 Å². The standard InChI is InChI=1S/C67H60N2/c1-8-9-19-55(35-30-51-41-53(67(5,6)7)44-64-65(51)62-38-32-52(66(2,3)4)43-63(62)69(64)54-20-11-10-12-21-54)68(57-36-39-61-50(42-57)27-25-47-18-14-16-23-59(47)61)56-33-28-45(29-34-56)48-31-37-60-49(40-48)26-24-46-17-13-15-22-58(46)60/h9-29,31-44H,8,30H2,1-7H3/b19-9-,55-35+. The molecule has 0 N–H and O–H groups in total. The van der Waals surface area contributed by atoms with E-state index in [4.69, 9.17) is 0 Å². The third-order valence-corrected chi connectivity index (χ3v) is 14.2. The maximum atomic E-state index is 2.50. The lowest BCUT2D eigenvalue weighted by molar-refractivity contribution is 0.590. The summed E-state index contributed by atoms with van der Waals surface area (Å²) in [6.45, 7) is 16.2. The van der Waals surface area contributed by atoms with Gasteiger partial charge < -0.3 is 9.47 Å². The van der Waals surface area contributed by atoms with Crippen molar-refractivity contribution in [1.29, 1.82) is 0 Å². The molecule has 0 unspecified atom stereocenters. The highest BCUT2D eigenvalue weighted by atomic mass is 15.1. The molecule has 11 aromatic rings. The van der Waals surface area contributed by atoms with Crippen LogP contribution in [0.15, 0.2) is 218 Å². The number of hydrogen-bond acceptors (Lipinski definition) is 1. The van der Waals surface area contributed by atoms with E-state index < -0.39 is 0 Å². The molecule has 0 fully saturated rings. The Morgan fingerprint density at radius 2 is 1.01 bits per heavy atom. The zero-order valence-corrected chi connectivity index (χ0v) is 41.0. The van der Waals surface area contributed by atoms with Gasteiger partial charge in [0.05, 0.1) is 11.0 Å². The highest BCUT2D eigenvalue weighted by Gasteiger charge is 2.24. The minimum Gasteiger partial charge on any atom is -0.311 e. The molecule has 338 valence electrons. The zero-order chi connectivity index (χ0) is 47.4. The molecule has 1 aromatic heterocycles. The fourth-order valence-corrected chi connectivity index (χ4v) is 10.4. The van der Waals surface area contributed by atoms with Crippen molar-refractivity contribution in [3.8, 4) is 16.8 Å². The second-order valence-electron chi connectivity index (χ2n) is 20.9. The Morgan fingerprint density at radius 1 is 0.464 bits per heavy atom. The number of hydrogen-bond donors (Lipinski definition) is 0. The van der Waals surface area contributed by atoms with Crippen LogP contribution in [0, 0.1) is 0 Å². The molecule has 0 radical (unpaired) electrons. The summed E-state index contributed by atoms with van der Waals surface area (Å²) in [6.07, 6.45) is 8.78. The molecule has 11 rings (SSSR count). The number of para-hydroxylation sites is 1. The van der Waals surface area contributed by atoms with Crippen LogP contribution in [0.1, 0.15) is 71.6 Å². The first-order valence-corrected chi connectivity index (χ1v) is 24.7. The maximum Gasteiger partial charge on any atom is 0.0546 e. The highest BCUT2D eigenvalue weighted by molar-refractivity contribution is 6.12. The predicted molar refractivity (Wildman–Crippen MR) is 300 cm³/mol. The van der Waals surface area contributed by atoms with Gasteiger partial charge in [0.15, 0.2) is 0 Å². The van der Waals surface area contributed by atoms with Gasteiger partial charge in [0.2, 0.25) is 0 Å². The summed E-state index contributed by atoms with van der Waals surface area (Å²) >= 11 is 0. The van der Waals surface area contributed by atoms with Gasteiger partial charge in [-0.25, -0.2) is 0 Å². The van der Waals surface area contributed by atoms with Gasteiger partial charge in [0, 0.05) is 33.5 Å². The summed E-state index contributed by atoms with van der Waals surface area (Å²) in [5.41, 5.74) is 13.4. The van der Waals surface area contributed by atoms with Crippen molar-refractivity contribution in [3.05, 3.63) is 235 Å². The third-order valence-electron chi connectivity index (χ3n) is 14.2. The second-order valence-corrected chi connectivity index (χ2v) is 20.9. The number of fused-ring (bicyclic) bond motifs is 9. The summed E-state index contributed by atoms with van der Waals surface area (Å²) in [6, 6.07) is 72.5. The summed E-state index contributed by atoms with van der Waals surface area (Å²) in [7, 11) is 0. The molecule has 0 saturated heterocycles. The van der Waals surface area contributed by atoms with Crippen molar-refractivity contribution in [2.75, 3.05) is 4.90 Å². The van der Waals surface area contributed by atoms with E-state index >= 15 is 0 Å². The van der Waals surface area contributed by atoms with Crippen LogP contribution >= 0.6 is 0 Å². The van der Waals surface area contributed by atoms with Crippen LogP contribution in [0.4, 0.5) is 11.4 Å². The fraction of sp³-hybridized carbons (Fsp3) is 0.164. The Bertz CT molecular complexity index is 3790. The fourth-order valence-electron chi connectivity index (χ4n) is 10.4. The van der Waals surface area contributed by atoms with E-state index in [9.17, 15) is 0 Å². The minimum atomic E-state index is -0.0615. The van der Waals surface area contributed by atoms with Crippen LogP contribution in [0.5, 0.6) is 0 Å². The molecule has 0 aliphatic carbocycles. The smallest absolute Gasteiger partial charge is 0.0546 e. The van der Waals surface area contributed by atoms with Crippen molar-refractivity contribution in [1.82, 2.24) is 4.57 Å². The Kier molecular flexibility index (Phi) is 11.1. The van der Waals surface area contributed by atoms with E-state index in [2.05, 4.69) is 270 Å². The van der Waals surface area contributed by atoms with E-state index in [1.807, 2.05) is 0 Å². The molecule has 10 aromatic carbocycles. The van der Waals surface area contributed by atoms with Crippen LogP contribution in [0.2, 0.25) is 0 Å². The molecule has 2 nitrogen and oxygen atoms in total. The van der Waals surface area contributed by atoms with E-state index in [0.29, 0.717) is 0 Å². The minimum absolute atomic E-state index is 0.0111. The number of rotatable bonds is 9. The lowest BCUT2D eigenvalue weighted by atomic mass is 9.84. The Labute approximate surface area is 407 Å². The molecule has 0 aliphatic heterocycles. The van der Waals surface area contributed by atoms with Crippen LogP contribution in [-0.2, 0) is 17.3 Å². The van der Waals surface area contributed by atoms with Crippen LogP contribution in [0.3, 0.4) is 0 Å². The average Bonchev–Trinajstić information content (AvgIpc) is 3.70. The van der Waals surface area contributed by atoms with Crippen molar-refractivity contribution < 1.29 is 0 Å². The molecule has 0 atom stereocenters. The summed E-state index contributed by atoms with van der Waals surface area (Å²) in [5.74, 6) is 0. The van der Waals surface area contributed by atoms with Gasteiger partial charge >= 0.3 is 0 Å². The van der Waals surface area contributed by atoms with Gasteiger partial charge in [-0.2, -0.15) is 0 Å². The number of aromatic nitrogens is 1. The number of allylic oxidation sites excluding steroid dienone is 3. The Balaban J connectivity index is 1.09. The first kappa shape index (κ1) is 43.9. The van der Waals surface area contributed by atoms with Gasteiger partial charge in [-0.15, -0.1) is 0 Å². The topological polar surface area (TPSA) is 8.17 Å². The summed E-state index contributed by atoms with van der Waals surface area (Å²) in [4.78, 5) is 2.46. The van der Waals surface area contributed by atoms with E-state index in [1.165, 1.54) is 98.4 Å². The number of nitrogens with zero attached hydrogens (tertiary/aromatic N) is 2. The van der Waals surface area contributed by atoms with Gasteiger partial charge in [-0.3, -0.25) is 0 Å². The SMILES string of the molecule is CC/C=C\C(=C/Cc1cc(C(C)(C)C)cc2c1c1ccc(C(C)(C)C)cc1n2-c1ccccc1)N(c1ccc(-c2ccc3c(ccc4ccccc43)c2)cc1)c1ccc2c(ccc3ccccc32)c1. The quantitative estimate of drug-likeness (QED) is 0.104. The van der Waals surface area contributed by atoms with Crippen molar-refractivity contribution in [3.63, 3.8) is 0 Å². The van der Waals surface area contributed by atoms with Crippen LogP contribution in [0.25, 0.3) is 81.7 Å². The molecule has 0 aliphatic rings. The molecule has 0 bridgehead atoms. The van der Waals surface area contributed by atoms with Crippen molar-refractivity contribution in [2.45, 2.75) is 72.1 Å². The van der Waals surface area contributed by atoms with Gasteiger partial charge in [0.1, 0.15) is 0 Å². The number of benzene rings is 10. The molecular weight excluding hydrogens is 833 g/mol. The van der Waals surface area contributed by atoms with E-state index in [1.54, 1.807) is 0 Å². The summed E-state index contributed by atoms with van der Waals surface area (Å²) in [5, 5.41) is 12.7. The van der Waals surface area contributed by atoms with E-state index in [0.717, 1.165) is 29.9 Å². The van der Waals surface area contributed by atoms with Gasteiger partial charge in [0.25, 0.3) is 0 Å². The zero-order valence-electron chi connectivity index (χ0n) is 41.0. The molecule has 1 heterocycles. The number of anilines is 2. The average molecular weight is 893 g/mol. The summed E-state index contributed by atoms with van der Waals surface area (Å²) < 4.78 is 2.50. The molecule has 69 heavy (non-hydrogen) atoms. The molecule has 0 amide bonds. The lowest BCUT2D eigenvalue weighted by Gasteiger charge is -2.28.